The Morgan fingerprint density at radius 3 is 2.45 bits per heavy atom. The third kappa shape index (κ3) is 3.01. The molecule has 20 heavy (non-hydrogen) atoms. The minimum Gasteiger partial charge on any atom is -0.492 e. The number of nitrogens with one attached hydrogen (secondary N) is 1. The van der Waals surface area contributed by atoms with E-state index >= 15 is 0 Å². The van der Waals surface area contributed by atoms with Crippen molar-refractivity contribution in [2.45, 2.75) is 6.18 Å². The molecular formula is C14H13F3N2O. The van der Waals surface area contributed by atoms with Gasteiger partial charge in [0.25, 0.3) is 0 Å². The van der Waals surface area contributed by atoms with Crippen molar-refractivity contribution in [2.75, 3.05) is 6.61 Å². The van der Waals surface area contributed by atoms with Crippen LogP contribution >= 0.6 is 0 Å². The van der Waals surface area contributed by atoms with Gasteiger partial charge in [0.1, 0.15) is 24.1 Å². The topological polar surface area (TPSA) is 59.1 Å². The fourth-order valence-electron chi connectivity index (χ4n) is 1.86. The van der Waals surface area contributed by atoms with E-state index in [2.05, 4.69) is 0 Å². The minimum atomic E-state index is -4.59. The van der Waals surface area contributed by atoms with Gasteiger partial charge in [0, 0.05) is 5.39 Å². The van der Waals surface area contributed by atoms with Crippen LogP contribution in [0.5, 0.6) is 5.75 Å². The zero-order valence-corrected chi connectivity index (χ0v) is 10.4. The van der Waals surface area contributed by atoms with Crippen molar-refractivity contribution < 1.29 is 17.9 Å². The minimum absolute atomic E-state index is 0.346. The van der Waals surface area contributed by atoms with Gasteiger partial charge in [0.2, 0.25) is 0 Å². The third-order valence-corrected chi connectivity index (χ3v) is 2.93. The van der Waals surface area contributed by atoms with Gasteiger partial charge in [0.05, 0.1) is 0 Å². The number of alkyl halides is 3. The number of hydrogen-bond donors (Lipinski definition) is 2. The Morgan fingerprint density at radius 1 is 1.15 bits per heavy atom. The van der Waals surface area contributed by atoms with Gasteiger partial charge in [-0.3, -0.25) is 5.41 Å². The largest absolute Gasteiger partial charge is 0.492 e. The highest BCUT2D eigenvalue weighted by molar-refractivity contribution is 5.88. The highest BCUT2D eigenvalue weighted by Gasteiger charge is 2.42. The van der Waals surface area contributed by atoms with E-state index in [0.717, 1.165) is 10.8 Å². The molecule has 2 rings (SSSR count). The van der Waals surface area contributed by atoms with Crippen molar-refractivity contribution in [2.24, 2.45) is 11.7 Å². The van der Waals surface area contributed by atoms with Gasteiger partial charge in [-0.1, -0.05) is 36.4 Å². The van der Waals surface area contributed by atoms with Crippen LogP contribution in [0.1, 0.15) is 0 Å². The second-order valence-corrected chi connectivity index (χ2v) is 4.34. The summed E-state index contributed by atoms with van der Waals surface area (Å²) in [5.74, 6) is -2.70. The summed E-state index contributed by atoms with van der Waals surface area (Å²) in [6.45, 7) is -0.702. The number of ether oxygens (including phenoxy) is 1. The second-order valence-electron chi connectivity index (χ2n) is 4.34. The monoisotopic (exact) mass is 282 g/mol. The van der Waals surface area contributed by atoms with Crippen LogP contribution < -0.4 is 10.5 Å². The molecule has 0 radical (unpaired) electrons. The molecule has 0 fully saturated rings. The molecule has 0 spiro atoms. The molecule has 3 nitrogen and oxygen atoms in total. The van der Waals surface area contributed by atoms with Gasteiger partial charge in [0.15, 0.2) is 0 Å². The van der Waals surface area contributed by atoms with E-state index in [1.54, 1.807) is 24.3 Å². The molecule has 0 heterocycles. The van der Waals surface area contributed by atoms with E-state index in [1.807, 2.05) is 18.2 Å². The van der Waals surface area contributed by atoms with Gasteiger partial charge in [-0.15, -0.1) is 0 Å². The lowest BCUT2D eigenvalue weighted by Crippen LogP contribution is -2.39. The van der Waals surface area contributed by atoms with Gasteiger partial charge in [-0.25, -0.2) is 0 Å². The molecule has 0 aromatic heterocycles. The maximum absolute atomic E-state index is 12.7. The molecule has 106 valence electrons. The Hall–Kier alpha value is -2.24. The summed E-state index contributed by atoms with van der Waals surface area (Å²) in [6, 6.07) is 12.4. The van der Waals surface area contributed by atoms with Crippen molar-refractivity contribution in [1.29, 1.82) is 5.41 Å². The van der Waals surface area contributed by atoms with Crippen molar-refractivity contribution in [3.63, 3.8) is 0 Å². The molecule has 1 unspecified atom stereocenters. The second kappa shape index (κ2) is 5.40. The number of nitrogens with two attached hydrogens (primary N) is 1. The quantitative estimate of drug-likeness (QED) is 0.667. The van der Waals surface area contributed by atoms with Crippen LogP contribution in [-0.2, 0) is 0 Å². The summed E-state index contributed by atoms with van der Waals surface area (Å²) in [6.07, 6.45) is -4.59. The van der Waals surface area contributed by atoms with Crippen molar-refractivity contribution >= 4 is 16.6 Å². The summed E-state index contributed by atoms with van der Waals surface area (Å²) in [4.78, 5) is 0. The van der Waals surface area contributed by atoms with Crippen LogP contribution in [0.3, 0.4) is 0 Å². The molecule has 0 aliphatic rings. The van der Waals surface area contributed by atoms with Crippen LogP contribution in [0, 0.1) is 11.3 Å². The average molecular weight is 282 g/mol. The van der Waals surface area contributed by atoms with E-state index in [-0.39, 0.29) is 0 Å². The van der Waals surface area contributed by atoms with Crippen LogP contribution in [0.2, 0.25) is 0 Å². The van der Waals surface area contributed by atoms with Gasteiger partial charge < -0.3 is 10.5 Å². The number of amidine groups is 1. The molecule has 1 atom stereocenters. The number of hydrogen-bond acceptors (Lipinski definition) is 2. The highest BCUT2D eigenvalue weighted by Crippen LogP contribution is 2.29. The standard InChI is InChI=1S/C14H13F3N2O/c15-14(16,17)11(13(18)19)8-20-12-7-3-5-9-4-1-2-6-10(9)12/h1-7,11H,8H2,(H3,18,19). The van der Waals surface area contributed by atoms with Gasteiger partial charge in [-0.2, -0.15) is 13.2 Å². The predicted octanol–water partition coefficient (Wildman–Crippen LogP) is 3.33. The first-order valence-electron chi connectivity index (χ1n) is 5.91. The fourth-order valence-corrected chi connectivity index (χ4v) is 1.86. The maximum atomic E-state index is 12.7. The van der Waals surface area contributed by atoms with Crippen LogP contribution in [0.15, 0.2) is 42.5 Å². The van der Waals surface area contributed by atoms with E-state index in [9.17, 15) is 13.2 Å². The molecule has 0 amide bonds. The number of halogens is 3. The van der Waals surface area contributed by atoms with E-state index in [4.69, 9.17) is 15.9 Å². The lowest BCUT2D eigenvalue weighted by molar-refractivity contribution is -0.161. The highest BCUT2D eigenvalue weighted by atomic mass is 19.4. The number of fused-ring (bicyclic) bond motifs is 1. The fraction of sp³-hybridized carbons (Fsp3) is 0.214. The molecule has 2 aromatic rings. The van der Waals surface area contributed by atoms with Gasteiger partial charge >= 0.3 is 6.18 Å². The molecule has 0 aliphatic carbocycles. The molecule has 6 heteroatoms. The smallest absolute Gasteiger partial charge is 0.401 e. The zero-order valence-electron chi connectivity index (χ0n) is 10.4. The Balaban J connectivity index is 2.22. The van der Waals surface area contributed by atoms with E-state index in [0.29, 0.717) is 5.75 Å². The average Bonchev–Trinajstić information content (AvgIpc) is 2.37. The zero-order chi connectivity index (χ0) is 14.8. The summed E-state index contributed by atoms with van der Waals surface area (Å²) in [5.41, 5.74) is 4.98. The molecular weight excluding hydrogens is 269 g/mol. The summed E-state index contributed by atoms with van der Waals surface area (Å²) < 4.78 is 43.3. The maximum Gasteiger partial charge on any atom is 0.401 e. The van der Waals surface area contributed by atoms with Crippen molar-refractivity contribution in [1.82, 2.24) is 0 Å². The molecule has 0 bridgehead atoms. The Bertz CT molecular complexity index is 620. The molecule has 2 aromatic carbocycles. The van der Waals surface area contributed by atoms with Crippen LogP contribution in [-0.4, -0.2) is 18.6 Å². The number of rotatable bonds is 4. The lowest BCUT2D eigenvalue weighted by Gasteiger charge is -2.19. The Kier molecular flexibility index (Phi) is 3.83. The van der Waals surface area contributed by atoms with Crippen molar-refractivity contribution in [3.8, 4) is 5.75 Å². The summed E-state index contributed by atoms with van der Waals surface area (Å²) >= 11 is 0. The molecule has 0 saturated carbocycles. The van der Waals surface area contributed by atoms with Crippen molar-refractivity contribution in [3.05, 3.63) is 42.5 Å². The van der Waals surface area contributed by atoms with E-state index in [1.165, 1.54) is 0 Å². The number of benzene rings is 2. The van der Waals surface area contributed by atoms with Crippen LogP contribution in [0.25, 0.3) is 10.8 Å². The van der Waals surface area contributed by atoms with Gasteiger partial charge in [-0.05, 0) is 11.5 Å². The van der Waals surface area contributed by atoms with Crippen LogP contribution in [0.4, 0.5) is 13.2 Å². The normalized spacial score (nSPS) is 13.2. The molecule has 3 N–H and O–H groups in total. The van der Waals surface area contributed by atoms with E-state index < -0.39 is 24.5 Å². The SMILES string of the molecule is N=C(N)C(COc1cccc2ccccc12)C(F)(F)F. The first-order valence-corrected chi connectivity index (χ1v) is 5.91. The first-order chi connectivity index (χ1) is 9.39. The predicted molar refractivity (Wildman–Crippen MR) is 70.9 cm³/mol. The Labute approximate surface area is 113 Å². The summed E-state index contributed by atoms with van der Waals surface area (Å²) in [5, 5.41) is 8.61. The first kappa shape index (κ1) is 14.2. The summed E-state index contributed by atoms with van der Waals surface area (Å²) in [7, 11) is 0. The molecule has 0 saturated heterocycles. The Morgan fingerprint density at radius 2 is 1.80 bits per heavy atom. The third-order valence-electron chi connectivity index (χ3n) is 2.93. The molecule has 0 aliphatic heterocycles. The lowest BCUT2D eigenvalue weighted by atomic mass is 10.1.